The number of aliphatic carboxylic acids is 1. The van der Waals surface area contributed by atoms with Gasteiger partial charge in [0.1, 0.15) is 0 Å². The maximum absolute atomic E-state index is 12.6. The number of piperidine rings is 1. The first-order valence-electron chi connectivity index (χ1n) is 6.90. The molecule has 1 saturated carbocycles. The van der Waals surface area contributed by atoms with Crippen molar-refractivity contribution in [3.8, 4) is 0 Å². The van der Waals surface area contributed by atoms with Gasteiger partial charge in [0, 0.05) is 18.5 Å². The normalized spacial score (nSPS) is 31.3. The van der Waals surface area contributed by atoms with Crippen molar-refractivity contribution < 1.29 is 14.7 Å². The molecule has 102 valence electrons. The van der Waals surface area contributed by atoms with Gasteiger partial charge in [0.25, 0.3) is 0 Å². The zero-order valence-corrected chi connectivity index (χ0v) is 11.4. The molecule has 0 aromatic rings. The number of carboxylic acid groups (broad SMARTS) is 1. The van der Waals surface area contributed by atoms with Crippen molar-refractivity contribution in [2.75, 3.05) is 13.1 Å². The van der Waals surface area contributed by atoms with E-state index in [-0.39, 0.29) is 11.3 Å². The first-order chi connectivity index (χ1) is 8.37. The van der Waals surface area contributed by atoms with E-state index in [4.69, 9.17) is 0 Å². The maximum atomic E-state index is 12.6. The summed E-state index contributed by atoms with van der Waals surface area (Å²) < 4.78 is 0. The molecule has 0 spiro atoms. The van der Waals surface area contributed by atoms with E-state index in [2.05, 4.69) is 0 Å². The summed E-state index contributed by atoms with van der Waals surface area (Å²) in [6.45, 7) is 4.88. The molecule has 0 radical (unpaired) electrons. The molecule has 1 N–H and O–H groups in total. The van der Waals surface area contributed by atoms with E-state index >= 15 is 0 Å². The van der Waals surface area contributed by atoms with Crippen molar-refractivity contribution >= 4 is 11.9 Å². The minimum atomic E-state index is -0.781. The Bertz CT molecular complexity index is 360. The molecule has 1 heterocycles. The summed E-state index contributed by atoms with van der Waals surface area (Å²) >= 11 is 0. The lowest BCUT2D eigenvalue weighted by Gasteiger charge is -2.40. The Balaban J connectivity index is 2.09. The third-order valence-corrected chi connectivity index (χ3v) is 4.72. The number of amides is 1. The number of hydrogen-bond acceptors (Lipinski definition) is 2. The quantitative estimate of drug-likeness (QED) is 0.821. The van der Waals surface area contributed by atoms with Gasteiger partial charge in [0.2, 0.25) is 5.91 Å². The first kappa shape index (κ1) is 13.4. The predicted octanol–water partition coefficient (Wildman–Crippen LogP) is 2.28. The Morgan fingerprint density at radius 2 is 1.56 bits per heavy atom. The van der Waals surface area contributed by atoms with Crippen molar-refractivity contribution in [1.29, 1.82) is 0 Å². The highest BCUT2D eigenvalue weighted by Gasteiger charge is 2.44. The summed E-state index contributed by atoms with van der Waals surface area (Å²) in [7, 11) is 0. The number of nitrogens with zero attached hydrogens (tertiary/aromatic N) is 1. The Kier molecular flexibility index (Phi) is 3.39. The number of hydrogen-bond donors (Lipinski definition) is 1. The molecule has 0 aromatic carbocycles. The zero-order chi connectivity index (χ0) is 13.4. The fourth-order valence-electron chi connectivity index (χ4n) is 3.34. The lowest BCUT2D eigenvalue weighted by Crippen LogP contribution is -2.51. The van der Waals surface area contributed by atoms with Gasteiger partial charge in [-0.2, -0.15) is 0 Å². The molecule has 2 aliphatic rings. The van der Waals surface area contributed by atoms with Crippen LogP contribution in [-0.4, -0.2) is 35.0 Å². The third kappa shape index (κ3) is 2.25. The standard InChI is InChI=1S/C14H23NO3/c1-13(6-3-4-7-13)11(16)15-9-5-8-14(2,10-15)12(17)18/h3-10H2,1-2H3,(H,17,18). The van der Waals surface area contributed by atoms with E-state index in [0.717, 1.165) is 38.6 Å². The highest BCUT2D eigenvalue weighted by Crippen LogP contribution is 2.41. The minimum absolute atomic E-state index is 0.173. The molecule has 1 unspecified atom stereocenters. The summed E-state index contributed by atoms with van der Waals surface area (Å²) in [5.74, 6) is -0.608. The van der Waals surface area contributed by atoms with Crippen LogP contribution in [0.25, 0.3) is 0 Å². The van der Waals surface area contributed by atoms with Gasteiger partial charge in [0.05, 0.1) is 5.41 Å². The summed E-state index contributed by atoms with van der Waals surface area (Å²) in [5.41, 5.74) is -1.00. The zero-order valence-electron chi connectivity index (χ0n) is 11.4. The molecule has 0 bridgehead atoms. The first-order valence-corrected chi connectivity index (χ1v) is 6.90. The highest BCUT2D eigenvalue weighted by atomic mass is 16.4. The van der Waals surface area contributed by atoms with Gasteiger partial charge in [-0.15, -0.1) is 0 Å². The molecule has 18 heavy (non-hydrogen) atoms. The average Bonchev–Trinajstić information content (AvgIpc) is 2.76. The number of likely N-dealkylation sites (tertiary alicyclic amines) is 1. The molecule has 1 aliphatic heterocycles. The largest absolute Gasteiger partial charge is 0.481 e. The molecular weight excluding hydrogens is 230 g/mol. The third-order valence-electron chi connectivity index (χ3n) is 4.72. The smallest absolute Gasteiger partial charge is 0.311 e. The fourth-order valence-corrected chi connectivity index (χ4v) is 3.34. The van der Waals surface area contributed by atoms with Crippen LogP contribution >= 0.6 is 0 Å². The van der Waals surface area contributed by atoms with Crippen molar-refractivity contribution in [3.63, 3.8) is 0 Å². The predicted molar refractivity (Wildman–Crippen MR) is 68.1 cm³/mol. The fraction of sp³-hybridized carbons (Fsp3) is 0.857. The SMILES string of the molecule is CC1(C(=O)O)CCCN(C(=O)C2(C)CCCC2)C1. The van der Waals surface area contributed by atoms with Crippen LogP contribution in [0.1, 0.15) is 52.4 Å². The van der Waals surface area contributed by atoms with E-state index in [1.807, 2.05) is 6.92 Å². The molecule has 1 amide bonds. The van der Waals surface area contributed by atoms with Gasteiger partial charge < -0.3 is 10.0 Å². The Morgan fingerprint density at radius 3 is 2.11 bits per heavy atom. The molecule has 1 saturated heterocycles. The lowest BCUT2D eigenvalue weighted by molar-refractivity contribution is -0.156. The number of carbonyl (C=O) groups is 2. The van der Waals surface area contributed by atoms with Crippen LogP contribution in [0.15, 0.2) is 0 Å². The van der Waals surface area contributed by atoms with Gasteiger partial charge in [-0.3, -0.25) is 9.59 Å². The molecule has 4 nitrogen and oxygen atoms in total. The van der Waals surface area contributed by atoms with Crippen LogP contribution in [0.4, 0.5) is 0 Å². The molecular formula is C14H23NO3. The van der Waals surface area contributed by atoms with Crippen LogP contribution in [0.3, 0.4) is 0 Å². The van der Waals surface area contributed by atoms with Crippen molar-refractivity contribution in [3.05, 3.63) is 0 Å². The topological polar surface area (TPSA) is 57.6 Å². The average molecular weight is 253 g/mol. The van der Waals surface area contributed by atoms with Gasteiger partial charge in [-0.05, 0) is 32.6 Å². The summed E-state index contributed by atoms with van der Waals surface area (Å²) in [4.78, 5) is 25.7. The number of carboxylic acids is 1. The molecule has 2 rings (SSSR count). The summed E-state index contributed by atoms with van der Waals surface area (Å²) in [6.07, 6.45) is 5.60. The Hall–Kier alpha value is -1.06. The van der Waals surface area contributed by atoms with Crippen LogP contribution in [0.2, 0.25) is 0 Å². The lowest BCUT2D eigenvalue weighted by atomic mass is 9.80. The van der Waals surface area contributed by atoms with Crippen molar-refractivity contribution in [1.82, 2.24) is 4.90 Å². The maximum Gasteiger partial charge on any atom is 0.311 e. The van der Waals surface area contributed by atoms with Gasteiger partial charge in [-0.1, -0.05) is 19.8 Å². The molecule has 2 fully saturated rings. The van der Waals surface area contributed by atoms with Crippen LogP contribution < -0.4 is 0 Å². The van der Waals surface area contributed by atoms with E-state index in [1.54, 1.807) is 11.8 Å². The Morgan fingerprint density at radius 1 is 1.00 bits per heavy atom. The highest BCUT2D eigenvalue weighted by molar-refractivity contribution is 5.84. The molecule has 1 atom stereocenters. The second-order valence-electron chi connectivity index (χ2n) is 6.46. The number of carbonyl (C=O) groups excluding carboxylic acids is 1. The summed E-state index contributed by atoms with van der Waals surface area (Å²) in [6, 6.07) is 0. The van der Waals surface area contributed by atoms with Crippen LogP contribution in [0.5, 0.6) is 0 Å². The van der Waals surface area contributed by atoms with E-state index < -0.39 is 11.4 Å². The molecule has 1 aliphatic carbocycles. The molecule has 4 heteroatoms. The van der Waals surface area contributed by atoms with Gasteiger partial charge in [-0.25, -0.2) is 0 Å². The van der Waals surface area contributed by atoms with Crippen LogP contribution in [-0.2, 0) is 9.59 Å². The van der Waals surface area contributed by atoms with Crippen molar-refractivity contribution in [2.45, 2.75) is 52.4 Å². The second-order valence-corrected chi connectivity index (χ2v) is 6.46. The minimum Gasteiger partial charge on any atom is -0.481 e. The van der Waals surface area contributed by atoms with E-state index in [0.29, 0.717) is 13.0 Å². The van der Waals surface area contributed by atoms with E-state index in [1.165, 1.54) is 0 Å². The number of rotatable bonds is 2. The van der Waals surface area contributed by atoms with E-state index in [9.17, 15) is 14.7 Å². The van der Waals surface area contributed by atoms with Crippen molar-refractivity contribution in [2.24, 2.45) is 10.8 Å². The van der Waals surface area contributed by atoms with Gasteiger partial charge >= 0.3 is 5.97 Å². The second kappa shape index (κ2) is 4.56. The van der Waals surface area contributed by atoms with Crippen LogP contribution in [0, 0.1) is 10.8 Å². The summed E-state index contributed by atoms with van der Waals surface area (Å²) in [5, 5.41) is 9.29. The molecule has 0 aromatic heterocycles. The monoisotopic (exact) mass is 253 g/mol. The Labute approximate surface area is 108 Å². The van der Waals surface area contributed by atoms with Gasteiger partial charge in [0.15, 0.2) is 0 Å².